The van der Waals surface area contributed by atoms with Gasteiger partial charge in [0.2, 0.25) is 5.91 Å². The molecule has 1 atom stereocenters. The lowest BCUT2D eigenvalue weighted by Crippen LogP contribution is -2.49. The molecule has 1 saturated carbocycles. The molecule has 1 amide bonds. The maximum Gasteiger partial charge on any atom is 0.227 e. The third-order valence-corrected chi connectivity index (χ3v) is 5.47. The predicted octanol–water partition coefficient (Wildman–Crippen LogP) is 1.60. The standard InChI is InChI=1S/C16H31N3O/c1-3-19-9-6-14(11-19)10-18-15(20)16(12-17)7-4-13(2)5-8-16/h13-14H,3-12,17H2,1-2H3,(H,18,20). The SMILES string of the molecule is CCN1CCC(CNC(=O)C2(CN)CCC(C)CC2)C1. The van der Waals surface area contributed by atoms with Crippen molar-refractivity contribution in [2.24, 2.45) is 23.0 Å². The Balaban J connectivity index is 1.81. The van der Waals surface area contributed by atoms with Gasteiger partial charge in [-0.1, -0.05) is 13.8 Å². The van der Waals surface area contributed by atoms with Crippen LogP contribution >= 0.6 is 0 Å². The van der Waals surface area contributed by atoms with E-state index in [0.29, 0.717) is 12.5 Å². The molecular weight excluding hydrogens is 250 g/mol. The molecule has 0 aromatic carbocycles. The lowest BCUT2D eigenvalue weighted by molar-refractivity contribution is -0.133. The molecule has 2 fully saturated rings. The molecule has 0 aromatic heterocycles. The molecule has 116 valence electrons. The fraction of sp³-hybridized carbons (Fsp3) is 0.938. The minimum absolute atomic E-state index is 0.210. The van der Waals surface area contributed by atoms with Crippen molar-refractivity contribution in [1.29, 1.82) is 0 Å². The van der Waals surface area contributed by atoms with Crippen molar-refractivity contribution in [2.75, 3.05) is 32.7 Å². The molecule has 1 aliphatic heterocycles. The van der Waals surface area contributed by atoms with Crippen LogP contribution in [0.5, 0.6) is 0 Å². The monoisotopic (exact) mass is 281 g/mol. The molecule has 0 radical (unpaired) electrons. The summed E-state index contributed by atoms with van der Waals surface area (Å²) < 4.78 is 0. The van der Waals surface area contributed by atoms with Gasteiger partial charge in [-0.3, -0.25) is 4.79 Å². The number of carbonyl (C=O) groups is 1. The minimum Gasteiger partial charge on any atom is -0.355 e. The Morgan fingerprint density at radius 1 is 1.35 bits per heavy atom. The van der Waals surface area contributed by atoms with Gasteiger partial charge < -0.3 is 16.0 Å². The van der Waals surface area contributed by atoms with Crippen LogP contribution in [0.4, 0.5) is 0 Å². The lowest BCUT2D eigenvalue weighted by Gasteiger charge is -2.37. The van der Waals surface area contributed by atoms with E-state index in [1.54, 1.807) is 0 Å². The predicted molar refractivity (Wildman–Crippen MR) is 82.4 cm³/mol. The lowest BCUT2D eigenvalue weighted by atomic mass is 9.70. The summed E-state index contributed by atoms with van der Waals surface area (Å²) in [6.45, 7) is 9.23. The number of nitrogens with two attached hydrogens (primary N) is 1. The van der Waals surface area contributed by atoms with Crippen molar-refractivity contribution < 1.29 is 4.79 Å². The van der Waals surface area contributed by atoms with Gasteiger partial charge in [0.15, 0.2) is 0 Å². The second-order valence-electron chi connectivity index (χ2n) is 6.92. The molecule has 20 heavy (non-hydrogen) atoms. The van der Waals surface area contributed by atoms with E-state index in [4.69, 9.17) is 5.73 Å². The van der Waals surface area contributed by atoms with Crippen molar-refractivity contribution in [3.63, 3.8) is 0 Å². The van der Waals surface area contributed by atoms with Crippen molar-refractivity contribution in [3.8, 4) is 0 Å². The van der Waals surface area contributed by atoms with E-state index in [0.717, 1.165) is 51.2 Å². The third kappa shape index (κ3) is 3.53. The fourth-order valence-electron chi connectivity index (χ4n) is 3.63. The van der Waals surface area contributed by atoms with Gasteiger partial charge in [-0.15, -0.1) is 0 Å². The van der Waals surface area contributed by atoms with Crippen LogP contribution in [0, 0.1) is 17.3 Å². The Morgan fingerprint density at radius 3 is 2.60 bits per heavy atom. The van der Waals surface area contributed by atoms with E-state index in [-0.39, 0.29) is 11.3 Å². The van der Waals surface area contributed by atoms with Gasteiger partial charge >= 0.3 is 0 Å². The van der Waals surface area contributed by atoms with Gasteiger partial charge in [0.1, 0.15) is 0 Å². The maximum absolute atomic E-state index is 12.6. The molecule has 3 N–H and O–H groups in total. The van der Waals surface area contributed by atoms with E-state index in [2.05, 4.69) is 24.1 Å². The minimum atomic E-state index is -0.282. The smallest absolute Gasteiger partial charge is 0.227 e. The Hall–Kier alpha value is -0.610. The number of nitrogens with one attached hydrogen (secondary N) is 1. The third-order valence-electron chi connectivity index (χ3n) is 5.47. The number of carbonyl (C=O) groups excluding carboxylic acids is 1. The highest BCUT2D eigenvalue weighted by Gasteiger charge is 2.39. The van der Waals surface area contributed by atoms with Crippen molar-refractivity contribution in [3.05, 3.63) is 0 Å². The van der Waals surface area contributed by atoms with Crippen LogP contribution < -0.4 is 11.1 Å². The van der Waals surface area contributed by atoms with Gasteiger partial charge in [0.05, 0.1) is 5.41 Å². The second kappa shape index (κ2) is 6.90. The first-order valence-electron chi connectivity index (χ1n) is 8.30. The molecule has 1 saturated heterocycles. The van der Waals surface area contributed by atoms with Gasteiger partial charge in [-0.05, 0) is 57.0 Å². The summed E-state index contributed by atoms with van der Waals surface area (Å²) in [4.78, 5) is 15.0. The molecular formula is C16H31N3O. The molecule has 1 heterocycles. The zero-order chi connectivity index (χ0) is 14.6. The van der Waals surface area contributed by atoms with E-state index in [1.165, 1.54) is 13.0 Å². The first-order valence-corrected chi connectivity index (χ1v) is 8.30. The molecule has 1 unspecified atom stereocenters. The van der Waals surface area contributed by atoms with Gasteiger partial charge in [-0.25, -0.2) is 0 Å². The molecule has 1 aliphatic carbocycles. The van der Waals surface area contributed by atoms with E-state index in [9.17, 15) is 4.79 Å². The molecule has 2 rings (SSSR count). The number of likely N-dealkylation sites (tertiary alicyclic amines) is 1. The Morgan fingerprint density at radius 2 is 2.05 bits per heavy atom. The van der Waals surface area contributed by atoms with Gasteiger partial charge in [-0.2, -0.15) is 0 Å². The quantitative estimate of drug-likeness (QED) is 0.805. The number of amides is 1. The molecule has 4 heteroatoms. The van der Waals surface area contributed by atoms with Crippen LogP contribution in [-0.4, -0.2) is 43.5 Å². The summed E-state index contributed by atoms with van der Waals surface area (Å²) in [6.07, 6.45) is 5.40. The average Bonchev–Trinajstić information content (AvgIpc) is 2.94. The summed E-state index contributed by atoms with van der Waals surface area (Å²) in [6, 6.07) is 0. The molecule has 0 spiro atoms. The fourth-order valence-corrected chi connectivity index (χ4v) is 3.63. The largest absolute Gasteiger partial charge is 0.355 e. The number of hydrogen-bond donors (Lipinski definition) is 2. The summed E-state index contributed by atoms with van der Waals surface area (Å²) in [5.41, 5.74) is 5.66. The molecule has 0 aromatic rings. The van der Waals surface area contributed by atoms with Crippen LogP contribution in [0.2, 0.25) is 0 Å². The van der Waals surface area contributed by atoms with Crippen LogP contribution in [0.1, 0.15) is 46.0 Å². The van der Waals surface area contributed by atoms with Crippen LogP contribution in [0.3, 0.4) is 0 Å². The normalized spacial score (nSPS) is 35.1. The summed E-state index contributed by atoms with van der Waals surface area (Å²) in [5.74, 6) is 1.58. The number of nitrogens with zero attached hydrogens (tertiary/aromatic N) is 1. The topological polar surface area (TPSA) is 58.4 Å². The number of hydrogen-bond acceptors (Lipinski definition) is 3. The van der Waals surface area contributed by atoms with E-state index < -0.39 is 0 Å². The van der Waals surface area contributed by atoms with Crippen LogP contribution in [-0.2, 0) is 4.79 Å². The number of rotatable bonds is 5. The molecule has 4 nitrogen and oxygen atoms in total. The second-order valence-corrected chi connectivity index (χ2v) is 6.92. The highest BCUT2D eigenvalue weighted by molar-refractivity contribution is 5.83. The van der Waals surface area contributed by atoms with E-state index >= 15 is 0 Å². The maximum atomic E-state index is 12.6. The Kier molecular flexibility index (Phi) is 5.44. The summed E-state index contributed by atoms with van der Waals surface area (Å²) in [7, 11) is 0. The van der Waals surface area contributed by atoms with Crippen molar-refractivity contribution in [2.45, 2.75) is 46.0 Å². The van der Waals surface area contributed by atoms with Gasteiger partial charge in [0, 0.05) is 19.6 Å². The van der Waals surface area contributed by atoms with Crippen molar-refractivity contribution >= 4 is 5.91 Å². The first kappa shape index (κ1) is 15.8. The highest BCUT2D eigenvalue weighted by atomic mass is 16.2. The first-order chi connectivity index (χ1) is 9.59. The highest BCUT2D eigenvalue weighted by Crippen LogP contribution is 2.38. The summed E-state index contributed by atoms with van der Waals surface area (Å²) in [5, 5.41) is 3.20. The zero-order valence-corrected chi connectivity index (χ0v) is 13.2. The summed E-state index contributed by atoms with van der Waals surface area (Å²) >= 11 is 0. The Labute approximate surface area is 123 Å². The molecule has 0 bridgehead atoms. The Bertz CT molecular complexity index is 324. The van der Waals surface area contributed by atoms with E-state index in [1.807, 2.05) is 0 Å². The zero-order valence-electron chi connectivity index (χ0n) is 13.2. The van der Waals surface area contributed by atoms with Crippen molar-refractivity contribution in [1.82, 2.24) is 10.2 Å². The molecule has 2 aliphatic rings. The van der Waals surface area contributed by atoms with Crippen LogP contribution in [0.25, 0.3) is 0 Å². The average molecular weight is 281 g/mol. The van der Waals surface area contributed by atoms with Crippen LogP contribution in [0.15, 0.2) is 0 Å². The van der Waals surface area contributed by atoms with Gasteiger partial charge in [0.25, 0.3) is 0 Å².